The van der Waals surface area contributed by atoms with E-state index in [4.69, 9.17) is 4.74 Å². The zero-order valence-electron chi connectivity index (χ0n) is 9.86. The molecule has 0 aliphatic heterocycles. The summed E-state index contributed by atoms with van der Waals surface area (Å²) >= 11 is 3.35. The second kappa shape index (κ2) is 4.79. The Bertz CT molecular complexity index is 557. The van der Waals surface area contributed by atoms with Gasteiger partial charge in [-0.3, -0.25) is 4.98 Å². The minimum atomic E-state index is 0.579. The van der Waals surface area contributed by atoms with Gasteiger partial charge in [-0.25, -0.2) is 4.98 Å². The fourth-order valence-corrected chi connectivity index (χ4v) is 1.74. The molecule has 0 aromatic carbocycles. The third kappa shape index (κ3) is 2.79. The minimum Gasteiger partial charge on any atom is -0.437 e. The molecule has 0 aliphatic carbocycles. The number of nitrogens with zero attached hydrogens (tertiary/aromatic N) is 3. The predicted octanol–water partition coefficient (Wildman–Crippen LogP) is 3.35. The van der Waals surface area contributed by atoms with E-state index in [1.165, 1.54) is 0 Å². The first-order valence-electron chi connectivity index (χ1n) is 5.16. The Morgan fingerprint density at radius 1 is 1.12 bits per heavy atom. The summed E-state index contributed by atoms with van der Waals surface area (Å²) in [7, 11) is 0. The molecule has 0 spiro atoms. The zero-order valence-corrected chi connectivity index (χ0v) is 11.4. The van der Waals surface area contributed by atoms with E-state index < -0.39 is 0 Å². The molecule has 0 saturated carbocycles. The molecule has 0 radical (unpaired) electrons. The SMILES string of the molecule is Cc1nc(C)c(C)c(Oc2cncc(Br)c2)n1. The molecule has 0 bridgehead atoms. The first-order valence-corrected chi connectivity index (χ1v) is 5.96. The van der Waals surface area contributed by atoms with Crippen LogP contribution in [-0.4, -0.2) is 15.0 Å². The number of pyridine rings is 1. The Labute approximate surface area is 108 Å². The maximum atomic E-state index is 5.71. The van der Waals surface area contributed by atoms with Gasteiger partial charge in [0, 0.05) is 21.9 Å². The van der Waals surface area contributed by atoms with Crippen LogP contribution in [0.5, 0.6) is 11.6 Å². The number of aryl methyl sites for hydroxylation is 2. The molecule has 2 rings (SSSR count). The van der Waals surface area contributed by atoms with Gasteiger partial charge in [0.25, 0.3) is 0 Å². The van der Waals surface area contributed by atoms with Gasteiger partial charge in [-0.15, -0.1) is 0 Å². The molecule has 0 atom stereocenters. The van der Waals surface area contributed by atoms with Crippen LogP contribution >= 0.6 is 15.9 Å². The number of hydrogen-bond donors (Lipinski definition) is 0. The quantitative estimate of drug-likeness (QED) is 0.852. The Hall–Kier alpha value is -1.49. The van der Waals surface area contributed by atoms with Crippen molar-refractivity contribution in [2.45, 2.75) is 20.8 Å². The van der Waals surface area contributed by atoms with Crippen LogP contribution in [0, 0.1) is 20.8 Å². The van der Waals surface area contributed by atoms with Crippen molar-refractivity contribution in [2.24, 2.45) is 0 Å². The van der Waals surface area contributed by atoms with E-state index in [1.54, 1.807) is 12.4 Å². The Morgan fingerprint density at radius 2 is 1.88 bits per heavy atom. The van der Waals surface area contributed by atoms with E-state index in [-0.39, 0.29) is 0 Å². The first-order chi connectivity index (χ1) is 8.06. The number of rotatable bonds is 2. The summed E-state index contributed by atoms with van der Waals surface area (Å²) in [4.78, 5) is 12.6. The minimum absolute atomic E-state index is 0.579. The van der Waals surface area contributed by atoms with Crippen molar-refractivity contribution in [1.29, 1.82) is 0 Å². The molecule has 0 saturated heterocycles. The molecule has 0 fully saturated rings. The van der Waals surface area contributed by atoms with Gasteiger partial charge in [-0.2, -0.15) is 4.98 Å². The van der Waals surface area contributed by atoms with E-state index in [2.05, 4.69) is 30.9 Å². The van der Waals surface area contributed by atoms with Crippen LogP contribution in [0.15, 0.2) is 22.9 Å². The number of halogens is 1. The summed E-state index contributed by atoms with van der Waals surface area (Å²) in [6.45, 7) is 5.73. The van der Waals surface area contributed by atoms with Gasteiger partial charge >= 0.3 is 0 Å². The fourth-order valence-electron chi connectivity index (χ4n) is 1.40. The van der Waals surface area contributed by atoms with Crippen LogP contribution in [0.2, 0.25) is 0 Å². The van der Waals surface area contributed by atoms with E-state index in [0.29, 0.717) is 17.5 Å². The van der Waals surface area contributed by atoms with Crippen molar-refractivity contribution in [3.63, 3.8) is 0 Å². The molecule has 0 aliphatic rings. The van der Waals surface area contributed by atoms with E-state index in [1.807, 2.05) is 26.8 Å². The monoisotopic (exact) mass is 293 g/mol. The molecule has 4 nitrogen and oxygen atoms in total. The maximum Gasteiger partial charge on any atom is 0.225 e. The highest BCUT2D eigenvalue weighted by Crippen LogP contribution is 2.25. The molecule has 0 unspecified atom stereocenters. The average molecular weight is 294 g/mol. The summed E-state index contributed by atoms with van der Waals surface area (Å²) < 4.78 is 6.58. The van der Waals surface area contributed by atoms with Gasteiger partial charge in [-0.05, 0) is 42.8 Å². The lowest BCUT2D eigenvalue weighted by Gasteiger charge is -2.09. The van der Waals surface area contributed by atoms with Gasteiger partial charge in [0.15, 0.2) is 0 Å². The number of hydrogen-bond acceptors (Lipinski definition) is 4. The standard InChI is InChI=1S/C12H12BrN3O/c1-7-8(2)15-9(3)16-12(7)17-11-4-10(13)5-14-6-11/h4-6H,1-3H3. The molecular weight excluding hydrogens is 282 g/mol. The third-order valence-electron chi connectivity index (χ3n) is 2.35. The average Bonchev–Trinajstić information content (AvgIpc) is 2.25. The van der Waals surface area contributed by atoms with Crippen molar-refractivity contribution in [2.75, 3.05) is 0 Å². The first kappa shape index (κ1) is 12.0. The van der Waals surface area contributed by atoms with Gasteiger partial charge < -0.3 is 4.74 Å². The van der Waals surface area contributed by atoms with Crippen LogP contribution in [0.25, 0.3) is 0 Å². The topological polar surface area (TPSA) is 47.9 Å². The second-order valence-electron chi connectivity index (χ2n) is 3.73. The van der Waals surface area contributed by atoms with E-state index >= 15 is 0 Å². The van der Waals surface area contributed by atoms with Gasteiger partial charge in [0.1, 0.15) is 11.6 Å². The van der Waals surface area contributed by atoms with Crippen molar-refractivity contribution in [3.8, 4) is 11.6 Å². The highest BCUT2D eigenvalue weighted by molar-refractivity contribution is 9.10. The van der Waals surface area contributed by atoms with Crippen molar-refractivity contribution in [1.82, 2.24) is 15.0 Å². The molecule has 88 valence electrons. The number of aromatic nitrogens is 3. The van der Waals surface area contributed by atoms with Crippen LogP contribution in [0.4, 0.5) is 0 Å². The van der Waals surface area contributed by atoms with Gasteiger partial charge in [-0.1, -0.05) is 0 Å². The Kier molecular flexibility index (Phi) is 3.38. The zero-order chi connectivity index (χ0) is 12.4. The molecule has 5 heteroatoms. The van der Waals surface area contributed by atoms with Crippen LogP contribution in [0.3, 0.4) is 0 Å². The van der Waals surface area contributed by atoms with Crippen LogP contribution in [-0.2, 0) is 0 Å². The molecule has 0 N–H and O–H groups in total. The van der Waals surface area contributed by atoms with Crippen molar-refractivity contribution in [3.05, 3.63) is 40.0 Å². The van der Waals surface area contributed by atoms with E-state index in [0.717, 1.165) is 15.7 Å². The fraction of sp³-hybridized carbons (Fsp3) is 0.250. The lowest BCUT2D eigenvalue weighted by Crippen LogP contribution is -1.99. The van der Waals surface area contributed by atoms with Gasteiger partial charge in [0.2, 0.25) is 5.88 Å². The summed E-state index contributed by atoms with van der Waals surface area (Å²) in [5, 5.41) is 0. The molecular formula is C12H12BrN3O. The summed E-state index contributed by atoms with van der Waals surface area (Å²) in [5.74, 6) is 1.93. The Morgan fingerprint density at radius 3 is 2.59 bits per heavy atom. The van der Waals surface area contributed by atoms with Gasteiger partial charge in [0.05, 0.1) is 6.20 Å². The second-order valence-corrected chi connectivity index (χ2v) is 4.64. The predicted molar refractivity (Wildman–Crippen MR) is 68.3 cm³/mol. The summed E-state index contributed by atoms with van der Waals surface area (Å²) in [6, 6.07) is 1.85. The molecule has 2 aromatic rings. The largest absolute Gasteiger partial charge is 0.437 e. The molecule has 17 heavy (non-hydrogen) atoms. The van der Waals surface area contributed by atoms with Crippen LogP contribution in [0.1, 0.15) is 17.1 Å². The smallest absolute Gasteiger partial charge is 0.225 e. The van der Waals surface area contributed by atoms with Crippen molar-refractivity contribution < 1.29 is 4.74 Å². The van der Waals surface area contributed by atoms with Crippen LogP contribution < -0.4 is 4.74 Å². The maximum absolute atomic E-state index is 5.71. The third-order valence-corrected chi connectivity index (χ3v) is 2.78. The highest BCUT2D eigenvalue weighted by Gasteiger charge is 2.08. The highest BCUT2D eigenvalue weighted by atomic mass is 79.9. The molecule has 0 amide bonds. The lowest BCUT2D eigenvalue weighted by atomic mass is 10.2. The van der Waals surface area contributed by atoms with E-state index in [9.17, 15) is 0 Å². The number of ether oxygens (including phenoxy) is 1. The summed E-state index contributed by atoms with van der Waals surface area (Å²) in [5.41, 5.74) is 1.87. The van der Waals surface area contributed by atoms with Crippen molar-refractivity contribution >= 4 is 15.9 Å². The Balaban J connectivity index is 2.36. The normalized spacial score (nSPS) is 10.4. The molecule has 2 heterocycles. The summed E-state index contributed by atoms with van der Waals surface area (Å²) in [6.07, 6.45) is 3.35. The lowest BCUT2D eigenvalue weighted by molar-refractivity contribution is 0.452. The molecule has 2 aromatic heterocycles.